The standard InChI is InChI=1S/C9H7F2NOS2/c1-15-9(14)12-8(13)7-5(10)3-2-4-6(7)11/h2-4H,1H3,(H,12,13,14). The van der Waals surface area contributed by atoms with Crippen LogP contribution in [0.1, 0.15) is 10.4 Å². The molecule has 0 aliphatic rings. The van der Waals surface area contributed by atoms with Gasteiger partial charge in [-0.05, 0) is 18.4 Å². The van der Waals surface area contributed by atoms with Gasteiger partial charge in [-0.25, -0.2) is 8.78 Å². The number of thioether (sulfide) groups is 1. The van der Waals surface area contributed by atoms with E-state index in [1.807, 2.05) is 0 Å². The molecule has 0 saturated carbocycles. The lowest BCUT2D eigenvalue weighted by Gasteiger charge is -2.05. The van der Waals surface area contributed by atoms with Crippen molar-refractivity contribution in [2.75, 3.05) is 6.26 Å². The van der Waals surface area contributed by atoms with Gasteiger partial charge in [0.2, 0.25) is 0 Å². The van der Waals surface area contributed by atoms with E-state index in [0.717, 1.165) is 23.9 Å². The topological polar surface area (TPSA) is 29.1 Å². The van der Waals surface area contributed by atoms with Crippen LogP contribution in [0.4, 0.5) is 8.78 Å². The summed E-state index contributed by atoms with van der Waals surface area (Å²) >= 11 is 5.82. The molecule has 1 amide bonds. The zero-order chi connectivity index (χ0) is 11.4. The van der Waals surface area contributed by atoms with Gasteiger partial charge in [0.25, 0.3) is 5.91 Å². The van der Waals surface area contributed by atoms with E-state index in [9.17, 15) is 13.6 Å². The fourth-order valence-corrected chi connectivity index (χ4v) is 1.21. The third kappa shape index (κ3) is 2.97. The summed E-state index contributed by atoms with van der Waals surface area (Å²) in [6.45, 7) is 0. The molecule has 0 aliphatic carbocycles. The zero-order valence-corrected chi connectivity index (χ0v) is 9.35. The average molecular weight is 247 g/mol. The van der Waals surface area contributed by atoms with Gasteiger partial charge >= 0.3 is 0 Å². The molecule has 1 N–H and O–H groups in total. The summed E-state index contributed by atoms with van der Waals surface area (Å²) in [4.78, 5) is 11.4. The van der Waals surface area contributed by atoms with Gasteiger partial charge in [0.05, 0.1) is 0 Å². The van der Waals surface area contributed by atoms with Crippen molar-refractivity contribution in [3.05, 3.63) is 35.4 Å². The van der Waals surface area contributed by atoms with E-state index in [1.165, 1.54) is 6.07 Å². The maximum absolute atomic E-state index is 13.1. The number of hydrogen-bond donors (Lipinski definition) is 1. The summed E-state index contributed by atoms with van der Waals surface area (Å²) in [5.41, 5.74) is -0.617. The molecule has 0 radical (unpaired) electrons. The van der Waals surface area contributed by atoms with Crippen molar-refractivity contribution >= 4 is 34.2 Å². The molecule has 1 aromatic carbocycles. The number of benzene rings is 1. The molecule has 0 bridgehead atoms. The minimum atomic E-state index is -0.906. The quantitative estimate of drug-likeness (QED) is 0.772. The Kier molecular flexibility index (Phi) is 4.16. The van der Waals surface area contributed by atoms with Crippen molar-refractivity contribution in [1.29, 1.82) is 0 Å². The highest BCUT2D eigenvalue weighted by Gasteiger charge is 2.17. The van der Waals surface area contributed by atoms with Crippen molar-refractivity contribution in [2.45, 2.75) is 0 Å². The second-order valence-corrected chi connectivity index (χ2v) is 4.03. The summed E-state index contributed by atoms with van der Waals surface area (Å²) < 4.78 is 26.4. The van der Waals surface area contributed by atoms with Gasteiger partial charge in [0, 0.05) is 0 Å². The Morgan fingerprint density at radius 2 is 1.93 bits per heavy atom. The molecule has 2 nitrogen and oxygen atoms in total. The van der Waals surface area contributed by atoms with Crippen LogP contribution in [0.2, 0.25) is 0 Å². The summed E-state index contributed by atoms with van der Waals surface area (Å²) in [5, 5.41) is 2.20. The Balaban J connectivity index is 2.96. The summed E-state index contributed by atoms with van der Waals surface area (Å²) in [5.74, 6) is -2.68. The first kappa shape index (κ1) is 12.1. The first-order valence-electron chi connectivity index (χ1n) is 3.89. The minimum Gasteiger partial charge on any atom is -0.307 e. The number of hydrogen-bond acceptors (Lipinski definition) is 3. The molecular formula is C9H7F2NOS2. The van der Waals surface area contributed by atoms with Gasteiger partial charge in [0.1, 0.15) is 21.5 Å². The normalized spacial score (nSPS) is 9.80. The number of halogens is 2. The van der Waals surface area contributed by atoms with Gasteiger partial charge in [-0.2, -0.15) is 0 Å². The van der Waals surface area contributed by atoms with Crippen molar-refractivity contribution in [1.82, 2.24) is 5.32 Å². The molecule has 0 fully saturated rings. The van der Waals surface area contributed by atoms with Crippen molar-refractivity contribution in [2.24, 2.45) is 0 Å². The van der Waals surface area contributed by atoms with Crippen LogP contribution in [0.25, 0.3) is 0 Å². The molecule has 1 aromatic rings. The lowest BCUT2D eigenvalue weighted by molar-refractivity contribution is 0.0970. The van der Waals surface area contributed by atoms with Gasteiger partial charge < -0.3 is 5.32 Å². The van der Waals surface area contributed by atoms with Crippen LogP contribution < -0.4 is 5.32 Å². The highest BCUT2D eigenvalue weighted by molar-refractivity contribution is 8.22. The third-order valence-corrected chi connectivity index (χ3v) is 2.67. The molecule has 15 heavy (non-hydrogen) atoms. The molecule has 0 aromatic heterocycles. The summed E-state index contributed by atoms with van der Waals surface area (Å²) in [7, 11) is 0. The fourth-order valence-electron chi connectivity index (χ4n) is 0.921. The Hall–Kier alpha value is -1.01. The largest absolute Gasteiger partial charge is 0.307 e. The highest BCUT2D eigenvalue weighted by Crippen LogP contribution is 2.12. The van der Waals surface area contributed by atoms with E-state index in [0.29, 0.717) is 0 Å². The van der Waals surface area contributed by atoms with Crippen LogP contribution in [0.5, 0.6) is 0 Å². The smallest absolute Gasteiger partial charge is 0.262 e. The molecule has 0 heterocycles. The van der Waals surface area contributed by atoms with Crippen LogP contribution in [-0.2, 0) is 0 Å². The van der Waals surface area contributed by atoms with E-state index in [1.54, 1.807) is 6.26 Å². The van der Waals surface area contributed by atoms with Crippen molar-refractivity contribution < 1.29 is 13.6 Å². The van der Waals surface area contributed by atoms with Crippen LogP contribution in [0.3, 0.4) is 0 Å². The van der Waals surface area contributed by atoms with Crippen molar-refractivity contribution in [3.63, 3.8) is 0 Å². The summed E-state index contributed by atoms with van der Waals surface area (Å²) in [6.07, 6.45) is 1.65. The summed E-state index contributed by atoms with van der Waals surface area (Å²) in [6, 6.07) is 3.22. The van der Waals surface area contributed by atoms with E-state index in [-0.39, 0.29) is 4.32 Å². The maximum atomic E-state index is 13.1. The molecule has 6 heteroatoms. The van der Waals surface area contributed by atoms with E-state index >= 15 is 0 Å². The highest BCUT2D eigenvalue weighted by atomic mass is 32.2. The predicted octanol–water partition coefficient (Wildman–Crippen LogP) is 2.34. The second kappa shape index (κ2) is 5.18. The van der Waals surface area contributed by atoms with Crippen molar-refractivity contribution in [3.8, 4) is 0 Å². The first-order chi connectivity index (χ1) is 7.06. The number of thiocarbonyl (C=S) groups is 1. The number of nitrogens with one attached hydrogen (secondary N) is 1. The Labute approximate surface area is 95.1 Å². The van der Waals surface area contributed by atoms with E-state index in [2.05, 4.69) is 5.32 Å². The van der Waals surface area contributed by atoms with Crippen LogP contribution >= 0.6 is 24.0 Å². The first-order valence-corrected chi connectivity index (χ1v) is 5.53. The molecule has 0 unspecified atom stereocenters. The SMILES string of the molecule is CSC(=S)NC(=O)c1c(F)cccc1F. The molecule has 0 saturated heterocycles. The molecule has 0 spiro atoms. The molecule has 1 rings (SSSR count). The Bertz CT molecular complexity index is 389. The van der Waals surface area contributed by atoms with Gasteiger partial charge in [-0.15, -0.1) is 11.8 Å². The Morgan fingerprint density at radius 3 is 2.40 bits per heavy atom. The van der Waals surface area contributed by atoms with Crippen LogP contribution in [-0.4, -0.2) is 16.5 Å². The molecule has 0 atom stereocenters. The number of carbonyl (C=O) groups is 1. The monoisotopic (exact) mass is 247 g/mol. The van der Waals surface area contributed by atoms with Gasteiger partial charge in [-0.3, -0.25) is 4.79 Å². The Morgan fingerprint density at radius 1 is 1.40 bits per heavy atom. The molecular weight excluding hydrogens is 240 g/mol. The maximum Gasteiger partial charge on any atom is 0.262 e. The predicted molar refractivity (Wildman–Crippen MR) is 59.9 cm³/mol. The van der Waals surface area contributed by atoms with E-state index in [4.69, 9.17) is 12.2 Å². The lowest BCUT2D eigenvalue weighted by atomic mass is 10.2. The van der Waals surface area contributed by atoms with Gasteiger partial charge in [-0.1, -0.05) is 18.3 Å². The second-order valence-electron chi connectivity index (χ2n) is 2.54. The van der Waals surface area contributed by atoms with E-state index < -0.39 is 23.1 Å². The number of rotatable bonds is 1. The zero-order valence-electron chi connectivity index (χ0n) is 7.71. The lowest BCUT2D eigenvalue weighted by Crippen LogP contribution is -2.28. The van der Waals surface area contributed by atoms with Crippen LogP contribution in [0, 0.1) is 11.6 Å². The number of amides is 1. The van der Waals surface area contributed by atoms with Gasteiger partial charge in [0.15, 0.2) is 0 Å². The van der Waals surface area contributed by atoms with Crippen LogP contribution in [0.15, 0.2) is 18.2 Å². The molecule has 0 aliphatic heterocycles. The minimum absolute atomic E-state index is 0.169. The average Bonchev–Trinajstić information content (AvgIpc) is 2.17. The molecule has 80 valence electrons. The third-order valence-electron chi connectivity index (χ3n) is 1.59. The number of carbonyl (C=O) groups excluding carboxylic acids is 1. The fraction of sp³-hybridized carbons (Fsp3) is 0.111.